The Balaban J connectivity index is 1.41. The van der Waals surface area contributed by atoms with Gasteiger partial charge in [-0.1, -0.05) is 23.9 Å². The van der Waals surface area contributed by atoms with E-state index in [0.717, 1.165) is 22.9 Å². The molecule has 7 nitrogen and oxygen atoms in total. The van der Waals surface area contributed by atoms with Gasteiger partial charge in [-0.2, -0.15) is 11.8 Å². The Morgan fingerprint density at radius 3 is 2.83 bits per heavy atom. The summed E-state index contributed by atoms with van der Waals surface area (Å²) in [7, 11) is 0. The average molecular weight is 446 g/mol. The molecule has 0 amide bonds. The highest BCUT2D eigenvalue weighted by molar-refractivity contribution is 7.99. The SMILES string of the molecule is CSCc1nnc(SCC(=O)c2cc(C)n(C[C@H]3COc4ccccc4O3)c2C)o1. The van der Waals surface area contributed by atoms with Crippen molar-refractivity contribution in [1.82, 2.24) is 14.8 Å². The second-order valence-electron chi connectivity index (χ2n) is 7.00. The summed E-state index contributed by atoms with van der Waals surface area (Å²) in [5.74, 6) is 3.05. The van der Waals surface area contributed by atoms with Crippen LogP contribution in [0, 0.1) is 13.8 Å². The van der Waals surface area contributed by atoms with E-state index in [9.17, 15) is 4.79 Å². The summed E-state index contributed by atoms with van der Waals surface area (Å²) < 4.78 is 19.5. The van der Waals surface area contributed by atoms with E-state index in [1.165, 1.54) is 11.8 Å². The number of rotatable bonds is 8. The van der Waals surface area contributed by atoms with Crippen LogP contribution in [0.25, 0.3) is 0 Å². The normalized spacial score (nSPS) is 15.4. The lowest BCUT2D eigenvalue weighted by molar-refractivity contribution is 0.0777. The molecule has 0 fully saturated rings. The van der Waals surface area contributed by atoms with E-state index in [-0.39, 0.29) is 17.6 Å². The molecule has 0 N–H and O–H groups in total. The van der Waals surface area contributed by atoms with Crippen molar-refractivity contribution in [2.45, 2.75) is 37.5 Å². The molecule has 0 bridgehead atoms. The van der Waals surface area contributed by atoms with Gasteiger partial charge >= 0.3 is 0 Å². The molecule has 0 spiro atoms. The topological polar surface area (TPSA) is 79.4 Å². The Labute approximate surface area is 183 Å². The lowest BCUT2D eigenvalue weighted by Crippen LogP contribution is -2.33. The Bertz CT molecular complexity index is 1050. The number of aryl methyl sites for hydroxylation is 1. The maximum absolute atomic E-state index is 12.8. The van der Waals surface area contributed by atoms with Crippen LogP contribution in [0.1, 0.15) is 27.6 Å². The molecule has 2 aromatic heterocycles. The lowest BCUT2D eigenvalue weighted by Gasteiger charge is -2.27. The third-order valence-electron chi connectivity index (χ3n) is 4.87. The number of ketones is 1. The number of para-hydroxylation sites is 2. The molecule has 1 aliphatic heterocycles. The van der Waals surface area contributed by atoms with Crippen LogP contribution < -0.4 is 9.47 Å². The van der Waals surface area contributed by atoms with Gasteiger partial charge in [0.15, 0.2) is 23.4 Å². The van der Waals surface area contributed by atoms with Crippen molar-refractivity contribution in [2.75, 3.05) is 18.6 Å². The first-order valence-corrected chi connectivity index (χ1v) is 12.0. The van der Waals surface area contributed by atoms with Crippen molar-refractivity contribution in [3.8, 4) is 11.5 Å². The number of aromatic nitrogens is 3. The molecular weight excluding hydrogens is 422 g/mol. The average Bonchev–Trinajstić information content (AvgIpc) is 3.31. The molecule has 0 radical (unpaired) electrons. The zero-order valence-electron chi connectivity index (χ0n) is 17.1. The minimum Gasteiger partial charge on any atom is -0.486 e. The molecule has 1 atom stereocenters. The zero-order valence-corrected chi connectivity index (χ0v) is 18.7. The standard InChI is InChI=1S/C21H23N3O4S2/c1-13-8-16(17(25)11-30-21-23-22-20(28-21)12-29-3)14(2)24(13)9-15-10-26-18-6-4-5-7-19(18)27-15/h4-8,15H,9-12H2,1-3H3/t15-/m0/s1. The van der Waals surface area contributed by atoms with E-state index < -0.39 is 0 Å². The number of Topliss-reactive ketones (excluding diaryl/α,β-unsaturated/α-hetero) is 1. The smallest absolute Gasteiger partial charge is 0.277 e. The highest BCUT2D eigenvalue weighted by atomic mass is 32.2. The highest BCUT2D eigenvalue weighted by Gasteiger charge is 2.24. The molecule has 3 aromatic rings. The first-order chi connectivity index (χ1) is 14.5. The monoisotopic (exact) mass is 445 g/mol. The van der Waals surface area contributed by atoms with Gasteiger partial charge in [-0.05, 0) is 38.3 Å². The van der Waals surface area contributed by atoms with E-state index in [1.54, 1.807) is 11.8 Å². The first kappa shape index (κ1) is 20.9. The number of ether oxygens (including phenoxy) is 2. The second-order valence-corrected chi connectivity index (χ2v) is 8.79. The van der Waals surface area contributed by atoms with Crippen molar-refractivity contribution in [3.63, 3.8) is 0 Å². The minimum atomic E-state index is -0.115. The van der Waals surface area contributed by atoms with Gasteiger partial charge < -0.3 is 18.5 Å². The van der Waals surface area contributed by atoms with Crippen molar-refractivity contribution >= 4 is 29.3 Å². The number of benzene rings is 1. The maximum atomic E-state index is 12.8. The van der Waals surface area contributed by atoms with Crippen LogP contribution in [0.4, 0.5) is 0 Å². The van der Waals surface area contributed by atoms with E-state index in [0.29, 0.717) is 35.6 Å². The molecule has 0 aliphatic carbocycles. The molecule has 0 unspecified atom stereocenters. The molecule has 9 heteroatoms. The molecule has 158 valence electrons. The number of fused-ring (bicyclic) bond motifs is 1. The number of hydrogen-bond acceptors (Lipinski definition) is 8. The van der Waals surface area contributed by atoms with Crippen LogP contribution in [0.15, 0.2) is 40.0 Å². The third kappa shape index (κ3) is 4.52. The van der Waals surface area contributed by atoms with Crippen LogP contribution in [0.2, 0.25) is 0 Å². The zero-order chi connectivity index (χ0) is 21.1. The molecule has 3 heterocycles. The summed E-state index contributed by atoms with van der Waals surface area (Å²) in [5.41, 5.74) is 2.65. The van der Waals surface area contributed by atoms with Crippen molar-refractivity contribution in [2.24, 2.45) is 0 Å². The maximum Gasteiger partial charge on any atom is 0.277 e. The van der Waals surface area contributed by atoms with Crippen LogP contribution in [-0.2, 0) is 12.3 Å². The van der Waals surface area contributed by atoms with E-state index in [1.807, 2.05) is 50.4 Å². The van der Waals surface area contributed by atoms with Crippen molar-refractivity contribution in [1.29, 1.82) is 0 Å². The highest BCUT2D eigenvalue weighted by Crippen LogP contribution is 2.31. The molecule has 4 rings (SSSR count). The van der Waals surface area contributed by atoms with Gasteiger partial charge in [0.2, 0.25) is 5.89 Å². The Morgan fingerprint density at radius 1 is 1.23 bits per heavy atom. The molecule has 1 aliphatic rings. The predicted molar refractivity (Wildman–Crippen MR) is 117 cm³/mol. The minimum absolute atomic E-state index is 0.0372. The summed E-state index contributed by atoms with van der Waals surface area (Å²) in [6.07, 6.45) is 1.86. The van der Waals surface area contributed by atoms with Crippen LogP contribution in [0.3, 0.4) is 0 Å². The molecule has 1 aromatic carbocycles. The fraction of sp³-hybridized carbons (Fsp3) is 0.381. The fourth-order valence-corrected chi connectivity index (χ4v) is 4.43. The van der Waals surface area contributed by atoms with Gasteiger partial charge in [-0.15, -0.1) is 10.2 Å². The molecule has 0 saturated heterocycles. The number of carbonyl (C=O) groups excluding carboxylic acids is 1. The lowest BCUT2D eigenvalue weighted by atomic mass is 10.2. The number of hydrogen-bond donors (Lipinski definition) is 0. The van der Waals surface area contributed by atoms with E-state index in [2.05, 4.69) is 14.8 Å². The molecule has 0 saturated carbocycles. The largest absolute Gasteiger partial charge is 0.486 e. The predicted octanol–water partition coefficient (Wildman–Crippen LogP) is 4.17. The summed E-state index contributed by atoms with van der Waals surface area (Å²) in [5, 5.41) is 8.38. The second kappa shape index (κ2) is 9.18. The Morgan fingerprint density at radius 2 is 2.03 bits per heavy atom. The van der Waals surface area contributed by atoms with Crippen molar-refractivity contribution in [3.05, 3.63) is 53.2 Å². The van der Waals surface area contributed by atoms with Gasteiger partial charge in [-0.25, -0.2) is 0 Å². The summed E-state index contributed by atoms with van der Waals surface area (Å²) in [6, 6.07) is 9.60. The van der Waals surface area contributed by atoms with Gasteiger partial charge in [0.25, 0.3) is 5.22 Å². The number of nitrogens with zero attached hydrogens (tertiary/aromatic N) is 3. The van der Waals surface area contributed by atoms with Gasteiger partial charge in [0.05, 0.1) is 18.1 Å². The first-order valence-electron chi connectivity index (χ1n) is 9.57. The van der Waals surface area contributed by atoms with Crippen LogP contribution >= 0.6 is 23.5 Å². The van der Waals surface area contributed by atoms with Crippen molar-refractivity contribution < 1.29 is 18.7 Å². The molecular formula is C21H23N3O4S2. The van der Waals surface area contributed by atoms with Gasteiger partial charge in [0, 0.05) is 17.0 Å². The van der Waals surface area contributed by atoms with Crippen LogP contribution in [-0.4, -0.2) is 45.3 Å². The van der Waals surface area contributed by atoms with E-state index in [4.69, 9.17) is 13.9 Å². The summed E-state index contributed by atoms with van der Waals surface area (Å²) in [6.45, 7) is 5.06. The fourth-order valence-electron chi connectivity index (χ4n) is 3.40. The summed E-state index contributed by atoms with van der Waals surface area (Å²) >= 11 is 2.88. The quantitative estimate of drug-likeness (QED) is 0.378. The molecule has 30 heavy (non-hydrogen) atoms. The number of thioether (sulfide) groups is 2. The van der Waals surface area contributed by atoms with E-state index >= 15 is 0 Å². The third-order valence-corrected chi connectivity index (χ3v) is 6.22. The number of carbonyl (C=O) groups is 1. The Kier molecular flexibility index (Phi) is 6.38. The Hall–Kier alpha value is -2.39. The van der Waals surface area contributed by atoms with Gasteiger partial charge in [0.1, 0.15) is 6.61 Å². The van der Waals surface area contributed by atoms with Crippen LogP contribution in [0.5, 0.6) is 11.5 Å². The summed E-state index contributed by atoms with van der Waals surface area (Å²) in [4.78, 5) is 12.8. The van der Waals surface area contributed by atoms with Gasteiger partial charge in [-0.3, -0.25) is 4.79 Å².